The predicted octanol–water partition coefficient (Wildman–Crippen LogP) is -3.25. The van der Waals surface area contributed by atoms with Crippen LogP contribution in [0, 0.1) is 176 Å². The van der Waals surface area contributed by atoms with Crippen LogP contribution in [-0.4, -0.2) is 57.7 Å². The van der Waals surface area contributed by atoms with E-state index in [1.807, 2.05) is 0 Å². The fourth-order valence-corrected chi connectivity index (χ4v) is 1.12. The first-order valence-corrected chi connectivity index (χ1v) is 3.64. The van der Waals surface area contributed by atoms with Gasteiger partial charge < -0.3 is 30.9 Å². The summed E-state index contributed by atoms with van der Waals surface area (Å²) in [4.78, 5) is 0. The minimum absolute atomic E-state index is 0. The molecule has 10 heteroatoms. The molecular weight excluding hydrogens is 1070 g/mol. The van der Waals surface area contributed by atoms with E-state index >= 15 is 0 Å². The van der Waals surface area contributed by atoms with Crippen LogP contribution in [0.4, 0.5) is 0 Å². The van der Waals surface area contributed by atoms with E-state index in [9.17, 15) is 10.2 Å². The quantitative estimate of drug-likeness (QED) is 0.189. The van der Waals surface area contributed by atoms with Crippen molar-refractivity contribution in [1.29, 1.82) is 0 Å². The zero-order valence-electron chi connectivity index (χ0n) is 8.68. The average Bonchev–Trinajstić information content (AvgIpc) is 2.08. The first-order valence-electron chi connectivity index (χ1n) is 3.64. The zero-order chi connectivity index (χ0) is 9.30. The van der Waals surface area contributed by atoms with Gasteiger partial charge in [-0.05, 0) is 0 Å². The number of aliphatic hydroxyl groups excluding tert-OH is 4. The van der Waals surface area contributed by atoms with Crippen molar-refractivity contribution in [1.82, 2.24) is 0 Å². The fraction of sp³-hybridized carbons (Fsp3) is 1.00. The van der Waals surface area contributed by atoms with Crippen LogP contribution in [0.2, 0.25) is 0 Å². The van der Waals surface area contributed by atoms with Gasteiger partial charge in [-0.3, -0.25) is 0 Å². The SMILES string of the molecule is NC1C(O)O[C@H](CO)C(O)C1O.[Ac].[Ac].[Ac].[Ac]. The Morgan fingerprint density at radius 1 is 0.938 bits per heavy atom. The van der Waals surface area contributed by atoms with Crippen LogP contribution < -0.4 is 5.73 Å². The summed E-state index contributed by atoms with van der Waals surface area (Å²) in [6.07, 6.45) is -4.85. The van der Waals surface area contributed by atoms with E-state index in [1.54, 1.807) is 0 Å². The molecular formula is C6H13Ac4NO5. The van der Waals surface area contributed by atoms with E-state index < -0.39 is 37.3 Å². The Balaban J connectivity index is -0.000000180. The molecule has 0 amide bonds. The van der Waals surface area contributed by atoms with E-state index in [-0.39, 0.29) is 176 Å². The van der Waals surface area contributed by atoms with E-state index in [1.165, 1.54) is 0 Å². The van der Waals surface area contributed by atoms with E-state index in [0.717, 1.165) is 0 Å². The van der Waals surface area contributed by atoms with Gasteiger partial charge in [0.25, 0.3) is 0 Å². The van der Waals surface area contributed by atoms with Crippen LogP contribution in [0.25, 0.3) is 0 Å². The average molecular weight is 1090 g/mol. The van der Waals surface area contributed by atoms with Crippen LogP contribution in [-0.2, 0) is 4.74 Å². The van der Waals surface area contributed by atoms with Crippen molar-refractivity contribution >= 4 is 0 Å². The Morgan fingerprint density at radius 3 is 1.75 bits per heavy atom. The zero-order valence-corrected chi connectivity index (χ0v) is 27.7. The molecule has 0 aromatic heterocycles. The molecule has 1 aliphatic heterocycles. The molecule has 4 unspecified atom stereocenters. The van der Waals surface area contributed by atoms with Crippen molar-refractivity contribution in [2.45, 2.75) is 30.6 Å². The van der Waals surface area contributed by atoms with Crippen molar-refractivity contribution in [2.24, 2.45) is 5.73 Å². The number of nitrogens with two attached hydrogens (primary N) is 1. The molecule has 1 fully saturated rings. The fourth-order valence-electron chi connectivity index (χ4n) is 1.12. The predicted molar refractivity (Wildman–Crippen MR) is 38.0 cm³/mol. The molecule has 0 saturated carbocycles. The van der Waals surface area contributed by atoms with Crippen molar-refractivity contribution in [3.05, 3.63) is 0 Å². The minimum Gasteiger partial charge on any atom is -0.394 e. The smallest absolute Gasteiger partial charge is 0.173 e. The molecule has 0 bridgehead atoms. The Morgan fingerprint density at radius 2 is 1.38 bits per heavy atom. The molecule has 4 radical (unpaired) electrons. The van der Waals surface area contributed by atoms with E-state index in [2.05, 4.69) is 0 Å². The van der Waals surface area contributed by atoms with Gasteiger partial charge in [0.2, 0.25) is 0 Å². The largest absolute Gasteiger partial charge is 0.394 e. The van der Waals surface area contributed by atoms with E-state index in [0.29, 0.717) is 0 Å². The Kier molecular flexibility index (Phi) is 28.5. The van der Waals surface area contributed by atoms with Gasteiger partial charge in [-0.25, -0.2) is 0 Å². The Bertz CT molecular complexity index is 163. The molecule has 16 heavy (non-hydrogen) atoms. The summed E-state index contributed by atoms with van der Waals surface area (Å²) in [6.45, 7) is -0.470. The molecule has 6 nitrogen and oxygen atoms in total. The molecule has 1 saturated heterocycles. The van der Waals surface area contributed by atoms with Crippen LogP contribution in [0.3, 0.4) is 0 Å². The molecule has 84 valence electrons. The molecule has 0 spiro atoms. The van der Waals surface area contributed by atoms with Gasteiger partial charge >= 0.3 is 0 Å². The maximum absolute atomic E-state index is 9.20. The summed E-state index contributed by atoms with van der Waals surface area (Å²) in [5.41, 5.74) is 5.26. The maximum Gasteiger partial charge on any atom is 0.173 e. The van der Waals surface area contributed by atoms with Gasteiger partial charge in [0.1, 0.15) is 18.3 Å². The number of hydrogen-bond donors (Lipinski definition) is 5. The van der Waals surface area contributed by atoms with Crippen LogP contribution in [0.5, 0.6) is 0 Å². The molecule has 1 aliphatic rings. The Hall–Kier alpha value is 5.53. The van der Waals surface area contributed by atoms with Gasteiger partial charge in [0.15, 0.2) is 6.29 Å². The summed E-state index contributed by atoms with van der Waals surface area (Å²) < 4.78 is 4.70. The third-order valence-corrected chi connectivity index (χ3v) is 1.95. The first-order chi connectivity index (χ1) is 5.57. The summed E-state index contributed by atoms with van der Waals surface area (Å²) in [6, 6.07) is -1.04. The topological polar surface area (TPSA) is 116 Å². The number of aliphatic hydroxyl groups is 4. The van der Waals surface area contributed by atoms with Crippen LogP contribution in [0.1, 0.15) is 0 Å². The van der Waals surface area contributed by atoms with Gasteiger partial charge in [-0.2, -0.15) is 0 Å². The standard InChI is InChI=1S/C6H13NO5.4Ac/c7-3-5(10)4(9)2(1-8)12-6(3)11;;;;/h2-6,8-11H,1,7H2;;;;/t2-,3?,4?,5?,6?;;;;/m1..../s1. The molecule has 0 aromatic rings. The summed E-state index contributed by atoms with van der Waals surface area (Å²) >= 11 is 0. The van der Waals surface area contributed by atoms with Gasteiger partial charge in [-0.1, -0.05) is 0 Å². The second-order valence-corrected chi connectivity index (χ2v) is 2.81. The number of rotatable bonds is 1. The van der Waals surface area contributed by atoms with Crippen molar-refractivity contribution < 1.29 is 201 Å². The number of hydrogen-bond acceptors (Lipinski definition) is 6. The monoisotopic (exact) mass is 1090 g/mol. The maximum atomic E-state index is 9.20. The molecule has 6 N–H and O–H groups in total. The summed E-state index contributed by atoms with van der Waals surface area (Å²) in [5, 5.41) is 36.1. The second kappa shape index (κ2) is 15.4. The van der Waals surface area contributed by atoms with Crippen LogP contribution in [0.15, 0.2) is 0 Å². The van der Waals surface area contributed by atoms with Crippen molar-refractivity contribution in [2.75, 3.05) is 6.61 Å². The molecule has 0 aromatic carbocycles. The third-order valence-electron chi connectivity index (χ3n) is 1.95. The van der Waals surface area contributed by atoms with Crippen LogP contribution >= 0.6 is 0 Å². The third kappa shape index (κ3) is 8.85. The molecule has 5 atom stereocenters. The van der Waals surface area contributed by atoms with Crippen molar-refractivity contribution in [3.63, 3.8) is 0 Å². The van der Waals surface area contributed by atoms with Crippen molar-refractivity contribution in [3.8, 4) is 0 Å². The molecule has 1 rings (SSSR count). The Labute approximate surface area is 237 Å². The first kappa shape index (κ1) is 29.5. The van der Waals surface area contributed by atoms with Gasteiger partial charge in [0.05, 0.1) is 12.6 Å². The normalized spacial score (nSPS) is 36.9. The number of ether oxygens (including phenoxy) is 1. The minimum atomic E-state index is -1.35. The summed E-state index contributed by atoms with van der Waals surface area (Å²) in [7, 11) is 0. The van der Waals surface area contributed by atoms with Gasteiger partial charge in [-0.15, -0.1) is 0 Å². The van der Waals surface area contributed by atoms with Gasteiger partial charge in [0, 0.05) is 176 Å². The second-order valence-electron chi connectivity index (χ2n) is 2.81. The molecule has 1 heterocycles. The van der Waals surface area contributed by atoms with E-state index in [4.69, 9.17) is 20.7 Å². The summed E-state index contributed by atoms with van der Waals surface area (Å²) in [5.74, 6) is 0. The molecule has 0 aliphatic carbocycles.